The average Bonchev–Trinajstić information content (AvgIpc) is 3.03. The van der Waals surface area contributed by atoms with Gasteiger partial charge in [0.05, 0.1) is 0 Å². The molecule has 0 amide bonds. The van der Waals surface area contributed by atoms with Gasteiger partial charge in [-0.05, 0) is 0 Å². The molecule has 0 spiro atoms. The quantitative estimate of drug-likeness (QED) is 0.404. The molecule has 4 aromatic rings. The molecule has 0 unspecified atom stereocenters. The Balaban J connectivity index is 2.07. The van der Waals surface area contributed by atoms with Gasteiger partial charge in [0.1, 0.15) is 19.0 Å². The van der Waals surface area contributed by atoms with Crippen LogP contribution in [-0.4, -0.2) is 44.4 Å². The molecular formula is C10H8N10O. The van der Waals surface area contributed by atoms with Crippen molar-refractivity contribution in [3.05, 3.63) is 19.0 Å². The summed E-state index contributed by atoms with van der Waals surface area (Å²) >= 11 is 0. The molecule has 4 aromatic heterocycles. The maximum absolute atomic E-state index is 9.74. The zero-order chi connectivity index (χ0) is 14.6. The minimum absolute atomic E-state index is 0.0692. The van der Waals surface area contributed by atoms with Gasteiger partial charge in [-0.2, -0.15) is 9.97 Å². The van der Waals surface area contributed by atoms with Crippen LogP contribution in [0.15, 0.2) is 19.0 Å². The summed E-state index contributed by atoms with van der Waals surface area (Å²) in [5, 5.41) is 9.74. The molecule has 0 fully saturated rings. The fourth-order valence-corrected chi connectivity index (χ4v) is 2.05. The molecule has 4 heterocycles. The van der Waals surface area contributed by atoms with Gasteiger partial charge in [-0.1, -0.05) is 0 Å². The first-order valence-corrected chi connectivity index (χ1v) is 5.79. The predicted molar refractivity (Wildman–Crippen MR) is 71.9 cm³/mol. The van der Waals surface area contributed by atoms with Gasteiger partial charge >= 0.3 is 0 Å². The number of rotatable bonds is 1. The molecule has 4 rings (SSSR count). The van der Waals surface area contributed by atoms with E-state index in [2.05, 4.69) is 29.9 Å². The molecule has 0 aliphatic rings. The largest absolute Gasteiger partial charge is 0.492 e. The standard InChI is InChI=1S/C10H8N10O/c11-6-4-7(14-1-13-6)19(2-15-4)20-3-16-5-8(20)17-10(12)18-9(5)21/h1-3H,(H2,11,13,14)(H3,12,17,18,21). The third-order valence-corrected chi connectivity index (χ3v) is 2.95. The van der Waals surface area contributed by atoms with E-state index in [4.69, 9.17) is 11.5 Å². The third-order valence-electron chi connectivity index (χ3n) is 2.95. The normalized spacial score (nSPS) is 11.4. The summed E-state index contributed by atoms with van der Waals surface area (Å²) in [4.78, 5) is 23.9. The van der Waals surface area contributed by atoms with E-state index in [9.17, 15) is 5.11 Å². The maximum Gasteiger partial charge on any atom is 0.244 e. The van der Waals surface area contributed by atoms with Gasteiger partial charge in [0, 0.05) is 0 Å². The topological polar surface area (TPSA) is 159 Å². The number of aromatic hydroxyl groups is 1. The highest BCUT2D eigenvalue weighted by molar-refractivity contribution is 5.82. The third kappa shape index (κ3) is 1.47. The summed E-state index contributed by atoms with van der Waals surface area (Å²) in [7, 11) is 0. The lowest BCUT2D eigenvalue weighted by Crippen LogP contribution is -2.09. The first-order valence-electron chi connectivity index (χ1n) is 5.79. The highest BCUT2D eigenvalue weighted by Crippen LogP contribution is 2.22. The smallest absolute Gasteiger partial charge is 0.244 e. The van der Waals surface area contributed by atoms with Crippen LogP contribution in [0.2, 0.25) is 0 Å². The lowest BCUT2D eigenvalue weighted by atomic mass is 10.5. The number of nitrogens with zero attached hydrogens (tertiary/aromatic N) is 8. The van der Waals surface area contributed by atoms with Gasteiger partial charge in [0.2, 0.25) is 11.8 Å². The first kappa shape index (κ1) is 11.3. The Hall–Kier alpha value is -3.50. The lowest BCUT2D eigenvalue weighted by molar-refractivity contribution is 0.459. The Labute approximate surface area is 115 Å². The molecule has 0 aliphatic carbocycles. The van der Waals surface area contributed by atoms with E-state index in [1.165, 1.54) is 23.7 Å². The highest BCUT2D eigenvalue weighted by Gasteiger charge is 2.15. The maximum atomic E-state index is 9.74. The Morgan fingerprint density at radius 2 is 1.57 bits per heavy atom. The van der Waals surface area contributed by atoms with Gasteiger partial charge in [-0.25, -0.2) is 29.3 Å². The minimum Gasteiger partial charge on any atom is -0.492 e. The molecule has 0 bridgehead atoms. The van der Waals surface area contributed by atoms with Gasteiger partial charge in [0.25, 0.3) is 0 Å². The van der Waals surface area contributed by atoms with E-state index < -0.39 is 0 Å². The van der Waals surface area contributed by atoms with Crippen molar-refractivity contribution in [2.24, 2.45) is 0 Å². The molecule has 0 aromatic carbocycles. The Morgan fingerprint density at radius 3 is 2.38 bits per heavy atom. The Bertz CT molecular complexity index is 986. The second kappa shape index (κ2) is 3.75. The molecular weight excluding hydrogens is 276 g/mol. The Morgan fingerprint density at radius 1 is 0.857 bits per heavy atom. The molecule has 11 nitrogen and oxygen atoms in total. The van der Waals surface area contributed by atoms with Crippen molar-refractivity contribution in [1.29, 1.82) is 0 Å². The number of anilines is 2. The van der Waals surface area contributed by atoms with Crippen LogP contribution in [-0.2, 0) is 0 Å². The number of hydrogen-bond acceptors (Lipinski definition) is 9. The fourth-order valence-electron chi connectivity index (χ4n) is 2.05. The molecule has 21 heavy (non-hydrogen) atoms. The molecule has 5 N–H and O–H groups in total. The Kier molecular flexibility index (Phi) is 2.03. The van der Waals surface area contributed by atoms with E-state index in [1.54, 1.807) is 4.68 Å². The second-order valence-corrected chi connectivity index (χ2v) is 4.19. The summed E-state index contributed by atoms with van der Waals surface area (Å²) in [6.45, 7) is 0. The lowest BCUT2D eigenvalue weighted by Gasteiger charge is -2.05. The molecule has 11 heteroatoms. The van der Waals surface area contributed by atoms with E-state index in [1.807, 2.05) is 0 Å². The predicted octanol–water partition coefficient (Wildman–Crippen LogP) is -0.853. The van der Waals surface area contributed by atoms with E-state index >= 15 is 0 Å². The van der Waals surface area contributed by atoms with Crippen LogP contribution in [0.4, 0.5) is 11.8 Å². The molecule has 0 saturated heterocycles. The molecule has 0 saturated carbocycles. The van der Waals surface area contributed by atoms with Crippen LogP contribution in [0.25, 0.3) is 22.3 Å². The van der Waals surface area contributed by atoms with E-state index in [0.29, 0.717) is 16.8 Å². The molecule has 0 radical (unpaired) electrons. The summed E-state index contributed by atoms with van der Waals surface area (Å²) in [6.07, 6.45) is 4.26. The van der Waals surface area contributed by atoms with Crippen molar-refractivity contribution < 1.29 is 5.11 Å². The number of imidazole rings is 2. The van der Waals surface area contributed by atoms with Crippen molar-refractivity contribution >= 4 is 34.1 Å². The monoisotopic (exact) mass is 284 g/mol. The number of fused-ring (bicyclic) bond motifs is 2. The fraction of sp³-hybridized carbons (Fsp3) is 0. The van der Waals surface area contributed by atoms with Crippen LogP contribution in [0.3, 0.4) is 0 Å². The van der Waals surface area contributed by atoms with Crippen molar-refractivity contribution in [3.63, 3.8) is 0 Å². The van der Waals surface area contributed by atoms with Gasteiger partial charge in [-0.3, -0.25) is 0 Å². The van der Waals surface area contributed by atoms with Crippen molar-refractivity contribution in [2.45, 2.75) is 0 Å². The van der Waals surface area contributed by atoms with Crippen molar-refractivity contribution in [2.75, 3.05) is 11.5 Å². The highest BCUT2D eigenvalue weighted by atomic mass is 16.3. The zero-order valence-corrected chi connectivity index (χ0v) is 10.4. The molecule has 0 aliphatic heterocycles. The number of hydrogen-bond donors (Lipinski definition) is 3. The number of nitrogens with two attached hydrogens (primary N) is 2. The number of nitrogen functional groups attached to an aromatic ring is 2. The van der Waals surface area contributed by atoms with Crippen LogP contribution < -0.4 is 11.5 Å². The average molecular weight is 284 g/mol. The second-order valence-electron chi connectivity index (χ2n) is 4.19. The van der Waals surface area contributed by atoms with Crippen LogP contribution in [0.5, 0.6) is 5.88 Å². The van der Waals surface area contributed by atoms with Crippen LogP contribution in [0, 0.1) is 0 Å². The van der Waals surface area contributed by atoms with Crippen molar-refractivity contribution in [1.82, 2.24) is 39.3 Å². The van der Waals surface area contributed by atoms with E-state index in [0.717, 1.165) is 0 Å². The minimum atomic E-state index is -0.296. The summed E-state index contributed by atoms with van der Waals surface area (Å²) in [5.74, 6) is -0.102. The van der Waals surface area contributed by atoms with Gasteiger partial charge < -0.3 is 16.6 Å². The SMILES string of the molecule is Nc1nc(O)c2ncn(-n3cnc4c(N)ncnc43)c2n1. The zero-order valence-electron chi connectivity index (χ0n) is 10.4. The van der Waals surface area contributed by atoms with Crippen molar-refractivity contribution in [3.8, 4) is 5.88 Å². The van der Waals surface area contributed by atoms with Gasteiger partial charge in [0.15, 0.2) is 28.1 Å². The van der Waals surface area contributed by atoms with Crippen LogP contribution in [0.1, 0.15) is 0 Å². The molecule has 104 valence electrons. The first-order chi connectivity index (χ1) is 10.1. The van der Waals surface area contributed by atoms with Crippen LogP contribution >= 0.6 is 0 Å². The molecule has 0 atom stereocenters. The summed E-state index contributed by atoms with van der Waals surface area (Å²) in [5.41, 5.74) is 12.7. The summed E-state index contributed by atoms with van der Waals surface area (Å²) < 4.78 is 3.09. The number of aromatic nitrogens is 8. The summed E-state index contributed by atoms with van der Waals surface area (Å²) in [6, 6.07) is 0. The van der Waals surface area contributed by atoms with E-state index in [-0.39, 0.29) is 23.2 Å². The van der Waals surface area contributed by atoms with Gasteiger partial charge in [-0.15, -0.1) is 0 Å².